The van der Waals surface area contributed by atoms with Crippen molar-refractivity contribution in [1.82, 2.24) is 10.6 Å². The average molecular weight is 488 g/mol. The standard InChI is InChI=1S/C27H35F2N3O3/c1-16(2)9-19-5-6-26-23(12-19)24(7-8-32(26)18(4)34)30-15-27(35)25(31-17(3)33)13-20-10-21(28)14-22(29)11-20/h5-6,10-12,14,16,24-25,27,30,35H,7-9,13,15H2,1-4H3,(H,31,33)/t24-,25-,27-/m0/s1. The number of amides is 2. The van der Waals surface area contributed by atoms with Gasteiger partial charge in [0.25, 0.3) is 0 Å². The molecular weight excluding hydrogens is 452 g/mol. The van der Waals surface area contributed by atoms with Gasteiger partial charge in [-0.05, 0) is 60.1 Å². The third-order valence-corrected chi connectivity index (χ3v) is 6.23. The maximum atomic E-state index is 13.6. The summed E-state index contributed by atoms with van der Waals surface area (Å²) >= 11 is 0. The van der Waals surface area contributed by atoms with Crippen molar-refractivity contribution in [3.05, 3.63) is 64.7 Å². The van der Waals surface area contributed by atoms with Crippen LogP contribution in [-0.2, 0) is 22.4 Å². The van der Waals surface area contributed by atoms with E-state index in [9.17, 15) is 23.5 Å². The van der Waals surface area contributed by atoms with Crippen LogP contribution in [0.5, 0.6) is 0 Å². The Morgan fingerprint density at radius 1 is 1.06 bits per heavy atom. The number of nitrogens with one attached hydrogen (secondary N) is 2. The highest BCUT2D eigenvalue weighted by molar-refractivity contribution is 5.93. The summed E-state index contributed by atoms with van der Waals surface area (Å²) in [6.07, 6.45) is 0.662. The van der Waals surface area contributed by atoms with E-state index >= 15 is 0 Å². The second-order valence-corrected chi connectivity index (χ2v) is 9.77. The van der Waals surface area contributed by atoms with Crippen LogP contribution < -0.4 is 15.5 Å². The van der Waals surface area contributed by atoms with Crippen molar-refractivity contribution < 1.29 is 23.5 Å². The molecule has 0 saturated carbocycles. The Balaban J connectivity index is 1.77. The molecule has 1 aliphatic rings. The molecule has 0 unspecified atom stereocenters. The molecule has 3 rings (SSSR count). The lowest BCUT2D eigenvalue weighted by atomic mass is 9.91. The summed E-state index contributed by atoms with van der Waals surface area (Å²) in [5.74, 6) is -1.29. The predicted molar refractivity (Wildman–Crippen MR) is 132 cm³/mol. The smallest absolute Gasteiger partial charge is 0.223 e. The van der Waals surface area contributed by atoms with Gasteiger partial charge in [0.05, 0.1) is 12.1 Å². The van der Waals surface area contributed by atoms with Crippen LogP contribution in [0.15, 0.2) is 36.4 Å². The Labute approximate surface area is 205 Å². The fourth-order valence-electron chi connectivity index (χ4n) is 4.73. The molecule has 0 aliphatic carbocycles. The lowest BCUT2D eigenvalue weighted by Crippen LogP contribution is -2.49. The van der Waals surface area contributed by atoms with Crippen molar-refractivity contribution in [2.24, 2.45) is 5.92 Å². The summed E-state index contributed by atoms with van der Waals surface area (Å²) in [4.78, 5) is 25.7. The van der Waals surface area contributed by atoms with E-state index in [1.165, 1.54) is 24.6 Å². The molecule has 0 bridgehead atoms. The number of anilines is 1. The number of hydrogen-bond acceptors (Lipinski definition) is 4. The molecule has 35 heavy (non-hydrogen) atoms. The van der Waals surface area contributed by atoms with E-state index in [2.05, 4.69) is 36.6 Å². The summed E-state index contributed by atoms with van der Waals surface area (Å²) < 4.78 is 27.3. The van der Waals surface area contributed by atoms with Gasteiger partial charge in [-0.2, -0.15) is 0 Å². The van der Waals surface area contributed by atoms with E-state index in [1.807, 2.05) is 6.07 Å². The van der Waals surface area contributed by atoms with E-state index in [0.29, 0.717) is 24.4 Å². The fourth-order valence-corrected chi connectivity index (χ4v) is 4.73. The minimum absolute atomic E-state index is 0.0191. The van der Waals surface area contributed by atoms with Crippen LogP contribution in [0.4, 0.5) is 14.5 Å². The quantitative estimate of drug-likeness (QED) is 0.504. The molecule has 6 nitrogen and oxygen atoms in total. The number of hydrogen-bond donors (Lipinski definition) is 3. The summed E-state index contributed by atoms with van der Waals surface area (Å²) in [6.45, 7) is 7.90. The third kappa shape index (κ3) is 7.32. The third-order valence-electron chi connectivity index (χ3n) is 6.23. The molecular formula is C27H35F2N3O3. The molecule has 1 aliphatic heterocycles. The number of benzene rings is 2. The van der Waals surface area contributed by atoms with Crippen molar-refractivity contribution >= 4 is 17.5 Å². The van der Waals surface area contributed by atoms with E-state index in [-0.39, 0.29) is 30.8 Å². The first-order chi connectivity index (χ1) is 16.5. The Morgan fingerprint density at radius 2 is 1.74 bits per heavy atom. The van der Waals surface area contributed by atoms with Gasteiger partial charge in [-0.1, -0.05) is 26.0 Å². The van der Waals surface area contributed by atoms with Gasteiger partial charge in [0, 0.05) is 44.7 Å². The number of carbonyl (C=O) groups excluding carboxylic acids is 2. The van der Waals surface area contributed by atoms with Gasteiger partial charge in [0.15, 0.2) is 0 Å². The maximum Gasteiger partial charge on any atom is 0.223 e. The molecule has 2 amide bonds. The van der Waals surface area contributed by atoms with Crippen molar-refractivity contribution in [3.8, 4) is 0 Å². The highest BCUT2D eigenvalue weighted by atomic mass is 19.1. The van der Waals surface area contributed by atoms with Crippen LogP contribution in [0.2, 0.25) is 0 Å². The molecule has 0 spiro atoms. The molecule has 2 aromatic carbocycles. The molecule has 0 radical (unpaired) electrons. The average Bonchev–Trinajstić information content (AvgIpc) is 2.75. The zero-order chi connectivity index (χ0) is 25.7. The van der Waals surface area contributed by atoms with Crippen molar-refractivity contribution in [3.63, 3.8) is 0 Å². The summed E-state index contributed by atoms with van der Waals surface area (Å²) in [6, 6.07) is 8.51. The first-order valence-electron chi connectivity index (χ1n) is 12.1. The summed E-state index contributed by atoms with van der Waals surface area (Å²) in [5, 5.41) is 17.0. The SMILES string of the molecule is CC(=O)N[C@@H](Cc1cc(F)cc(F)c1)[C@@H](O)CN[C@H]1CCN(C(C)=O)c2ccc(CC(C)C)cc21. The number of fused-ring (bicyclic) bond motifs is 1. The van der Waals surface area contributed by atoms with Crippen LogP contribution in [0.1, 0.15) is 56.8 Å². The van der Waals surface area contributed by atoms with E-state index in [4.69, 9.17) is 0 Å². The monoisotopic (exact) mass is 487 g/mol. The van der Waals surface area contributed by atoms with Gasteiger partial charge < -0.3 is 20.6 Å². The lowest BCUT2D eigenvalue weighted by Gasteiger charge is -2.35. The van der Waals surface area contributed by atoms with Gasteiger partial charge in [0.1, 0.15) is 11.6 Å². The van der Waals surface area contributed by atoms with Crippen molar-refractivity contribution in [2.75, 3.05) is 18.0 Å². The van der Waals surface area contributed by atoms with Crippen LogP contribution >= 0.6 is 0 Å². The first kappa shape index (κ1) is 26.8. The Bertz CT molecular complexity index is 1040. The molecule has 0 fully saturated rings. The van der Waals surface area contributed by atoms with Crippen LogP contribution in [0.25, 0.3) is 0 Å². The summed E-state index contributed by atoms with van der Waals surface area (Å²) in [7, 11) is 0. The minimum Gasteiger partial charge on any atom is -0.390 e. The van der Waals surface area contributed by atoms with Gasteiger partial charge in [-0.3, -0.25) is 9.59 Å². The number of aliphatic hydroxyl groups is 1. The Kier molecular flexibility index (Phi) is 8.97. The van der Waals surface area contributed by atoms with Gasteiger partial charge in [-0.25, -0.2) is 8.78 Å². The van der Waals surface area contributed by atoms with E-state index < -0.39 is 23.8 Å². The second kappa shape index (κ2) is 11.7. The normalized spacial score (nSPS) is 17.1. The molecule has 3 N–H and O–H groups in total. The number of aliphatic hydroxyl groups excluding tert-OH is 1. The van der Waals surface area contributed by atoms with Gasteiger partial charge >= 0.3 is 0 Å². The topological polar surface area (TPSA) is 81.7 Å². The van der Waals surface area contributed by atoms with Gasteiger partial charge in [-0.15, -0.1) is 0 Å². The highest BCUT2D eigenvalue weighted by Crippen LogP contribution is 2.35. The largest absolute Gasteiger partial charge is 0.390 e. The molecule has 8 heteroatoms. The number of nitrogens with zero attached hydrogens (tertiary/aromatic N) is 1. The maximum absolute atomic E-state index is 13.6. The van der Waals surface area contributed by atoms with E-state index in [0.717, 1.165) is 23.7 Å². The lowest BCUT2D eigenvalue weighted by molar-refractivity contribution is -0.120. The summed E-state index contributed by atoms with van der Waals surface area (Å²) in [5.41, 5.74) is 3.39. The highest BCUT2D eigenvalue weighted by Gasteiger charge is 2.29. The van der Waals surface area contributed by atoms with Crippen molar-refractivity contribution in [1.29, 1.82) is 0 Å². The first-order valence-corrected chi connectivity index (χ1v) is 12.1. The second-order valence-electron chi connectivity index (χ2n) is 9.77. The molecule has 0 saturated heterocycles. The fraction of sp³-hybridized carbons (Fsp3) is 0.481. The van der Waals surface area contributed by atoms with E-state index in [1.54, 1.807) is 11.8 Å². The Hall–Kier alpha value is -2.84. The number of carbonyl (C=O) groups is 2. The Morgan fingerprint density at radius 3 is 2.34 bits per heavy atom. The zero-order valence-corrected chi connectivity index (χ0v) is 20.8. The molecule has 2 aromatic rings. The van der Waals surface area contributed by atoms with Gasteiger partial charge in [0.2, 0.25) is 11.8 Å². The molecule has 1 heterocycles. The molecule has 0 aromatic heterocycles. The zero-order valence-electron chi connectivity index (χ0n) is 20.8. The van der Waals surface area contributed by atoms with Crippen molar-refractivity contribution in [2.45, 2.75) is 65.1 Å². The predicted octanol–water partition coefficient (Wildman–Crippen LogP) is 3.66. The molecule has 3 atom stereocenters. The van der Waals surface area contributed by atoms with Crippen LogP contribution in [0, 0.1) is 17.6 Å². The van der Waals surface area contributed by atoms with Crippen LogP contribution in [-0.4, -0.2) is 42.2 Å². The molecule has 190 valence electrons. The number of halogens is 2. The number of rotatable bonds is 9. The minimum atomic E-state index is -1.00. The van der Waals surface area contributed by atoms with Crippen LogP contribution in [0.3, 0.4) is 0 Å².